The predicted molar refractivity (Wildman–Crippen MR) is 98.2 cm³/mol. The van der Waals surface area contributed by atoms with E-state index in [1.807, 2.05) is 54.8 Å². The molecule has 0 saturated carbocycles. The van der Waals surface area contributed by atoms with Gasteiger partial charge in [0.15, 0.2) is 6.61 Å². The molecule has 3 rings (SSSR count). The summed E-state index contributed by atoms with van der Waals surface area (Å²) in [5.74, 6) is 0.121. The highest BCUT2D eigenvalue weighted by atomic mass is 16.6. The van der Waals surface area contributed by atoms with Crippen molar-refractivity contribution >= 4 is 11.5 Å². The first-order valence-electron chi connectivity index (χ1n) is 8.12. The zero-order chi connectivity index (χ0) is 18.7. The van der Waals surface area contributed by atoms with Crippen molar-refractivity contribution < 1.29 is 14.5 Å². The number of aryl methyl sites for hydroxylation is 1. The van der Waals surface area contributed by atoms with Crippen LogP contribution in [0.3, 0.4) is 0 Å². The van der Waals surface area contributed by atoms with E-state index in [4.69, 9.17) is 4.74 Å². The SMILES string of the molecule is Cc1cc(C(=O)COc2cccc([N+](=O)[O-])c2)c(C)n1-c1ccccc1. The largest absolute Gasteiger partial charge is 0.485 e. The van der Waals surface area contributed by atoms with Crippen LogP contribution in [0.25, 0.3) is 5.69 Å². The van der Waals surface area contributed by atoms with Crippen LogP contribution in [0.5, 0.6) is 5.75 Å². The number of aromatic nitrogens is 1. The molecule has 0 radical (unpaired) electrons. The van der Waals surface area contributed by atoms with Gasteiger partial charge in [-0.3, -0.25) is 14.9 Å². The Balaban J connectivity index is 1.79. The Morgan fingerprint density at radius 1 is 1.08 bits per heavy atom. The number of benzene rings is 2. The molecule has 0 aliphatic carbocycles. The molecule has 0 saturated heterocycles. The third kappa shape index (κ3) is 3.49. The number of non-ortho nitro benzene ring substituents is 1. The number of nitrogens with zero attached hydrogens (tertiary/aromatic N) is 2. The molecule has 132 valence electrons. The van der Waals surface area contributed by atoms with E-state index in [-0.39, 0.29) is 18.1 Å². The van der Waals surface area contributed by atoms with Crippen molar-refractivity contribution in [2.75, 3.05) is 6.61 Å². The lowest BCUT2D eigenvalue weighted by molar-refractivity contribution is -0.384. The Bertz CT molecular complexity index is 961. The molecule has 0 aliphatic rings. The van der Waals surface area contributed by atoms with Crippen LogP contribution in [-0.4, -0.2) is 21.9 Å². The normalized spacial score (nSPS) is 10.5. The number of ketones is 1. The quantitative estimate of drug-likeness (QED) is 0.378. The standard InChI is InChI=1S/C20H18N2O4/c1-14-11-19(15(2)21(14)16-7-4-3-5-8-16)20(23)13-26-18-10-6-9-17(12-18)22(24)25/h3-12H,13H2,1-2H3. The first-order valence-corrected chi connectivity index (χ1v) is 8.12. The number of carbonyl (C=O) groups is 1. The van der Waals surface area contributed by atoms with Gasteiger partial charge >= 0.3 is 0 Å². The third-order valence-electron chi connectivity index (χ3n) is 4.14. The number of carbonyl (C=O) groups excluding carboxylic acids is 1. The van der Waals surface area contributed by atoms with Crippen molar-refractivity contribution in [3.8, 4) is 11.4 Å². The molecule has 0 N–H and O–H groups in total. The predicted octanol–water partition coefficient (Wildman–Crippen LogP) is 4.26. The van der Waals surface area contributed by atoms with E-state index in [1.54, 1.807) is 6.07 Å². The summed E-state index contributed by atoms with van der Waals surface area (Å²) >= 11 is 0. The molecule has 0 atom stereocenters. The fourth-order valence-electron chi connectivity index (χ4n) is 2.93. The average molecular weight is 350 g/mol. The van der Waals surface area contributed by atoms with Gasteiger partial charge in [0.2, 0.25) is 5.78 Å². The van der Waals surface area contributed by atoms with Gasteiger partial charge < -0.3 is 9.30 Å². The molecule has 6 nitrogen and oxygen atoms in total. The molecule has 1 heterocycles. The minimum Gasteiger partial charge on any atom is -0.485 e. The van der Waals surface area contributed by atoms with Crippen molar-refractivity contribution in [1.29, 1.82) is 0 Å². The Hall–Kier alpha value is -3.41. The fraction of sp³-hybridized carbons (Fsp3) is 0.150. The van der Waals surface area contributed by atoms with Crippen LogP contribution in [0.15, 0.2) is 60.7 Å². The Morgan fingerprint density at radius 3 is 2.50 bits per heavy atom. The Labute approximate surface area is 150 Å². The molecule has 3 aromatic rings. The number of hydrogen-bond acceptors (Lipinski definition) is 4. The van der Waals surface area contributed by atoms with E-state index in [0.29, 0.717) is 11.3 Å². The van der Waals surface area contributed by atoms with Crippen LogP contribution >= 0.6 is 0 Å². The second kappa shape index (κ2) is 7.23. The monoisotopic (exact) mass is 350 g/mol. The van der Waals surface area contributed by atoms with E-state index in [1.165, 1.54) is 18.2 Å². The molecule has 0 unspecified atom stereocenters. The highest BCUT2D eigenvalue weighted by Crippen LogP contribution is 2.22. The number of rotatable bonds is 6. The summed E-state index contributed by atoms with van der Waals surface area (Å²) in [4.78, 5) is 22.9. The van der Waals surface area contributed by atoms with Crippen molar-refractivity contribution in [2.24, 2.45) is 0 Å². The van der Waals surface area contributed by atoms with Crippen LogP contribution in [0.1, 0.15) is 21.7 Å². The number of ether oxygens (including phenoxy) is 1. The molecule has 0 amide bonds. The Kier molecular flexibility index (Phi) is 4.84. The van der Waals surface area contributed by atoms with E-state index in [0.717, 1.165) is 17.1 Å². The molecule has 1 aromatic heterocycles. The van der Waals surface area contributed by atoms with Gasteiger partial charge in [-0.15, -0.1) is 0 Å². The molecule has 6 heteroatoms. The summed E-state index contributed by atoms with van der Waals surface area (Å²) in [6.07, 6.45) is 0. The number of hydrogen-bond donors (Lipinski definition) is 0. The van der Waals surface area contributed by atoms with Crippen molar-refractivity contribution in [1.82, 2.24) is 4.57 Å². The first kappa shape index (κ1) is 17.4. The second-order valence-electron chi connectivity index (χ2n) is 5.92. The molecule has 0 aliphatic heterocycles. The minimum absolute atomic E-state index is 0.0720. The molecular formula is C20H18N2O4. The summed E-state index contributed by atoms with van der Waals surface area (Å²) in [7, 11) is 0. The maximum atomic E-state index is 12.6. The number of nitro groups is 1. The van der Waals surface area contributed by atoms with Gasteiger partial charge in [-0.05, 0) is 38.1 Å². The van der Waals surface area contributed by atoms with Gasteiger partial charge in [0, 0.05) is 28.7 Å². The fourth-order valence-corrected chi connectivity index (χ4v) is 2.93. The smallest absolute Gasteiger partial charge is 0.273 e. The second-order valence-corrected chi connectivity index (χ2v) is 5.92. The van der Waals surface area contributed by atoms with Gasteiger partial charge in [-0.25, -0.2) is 0 Å². The van der Waals surface area contributed by atoms with Gasteiger partial charge in [-0.2, -0.15) is 0 Å². The molecular weight excluding hydrogens is 332 g/mol. The van der Waals surface area contributed by atoms with E-state index < -0.39 is 4.92 Å². The minimum atomic E-state index is -0.498. The van der Waals surface area contributed by atoms with E-state index in [2.05, 4.69) is 0 Å². The zero-order valence-electron chi connectivity index (χ0n) is 14.5. The Morgan fingerprint density at radius 2 is 1.81 bits per heavy atom. The third-order valence-corrected chi connectivity index (χ3v) is 4.14. The summed E-state index contributed by atoms with van der Waals surface area (Å²) in [5, 5.41) is 10.8. The van der Waals surface area contributed by atoms with Crippen LogP contribution < -0.4 is 4.74 Å². The summed E-state index contributed by atoms with van der Waals surface area (Å²) in [6.45, 7) is 3.65. The van der Waals surface area contributed by atoms with Gasteiger partial charge in [-0.1, -0.05) is 24.3 Å². The highest BCUT2D eigenvalue weighted by molar-refractivity contribution is 5.98. The maximum Gasteiger partial charge on any atom is 0.273 e. The number of para-hydroxylation sites is 1. The molecule has 2 aromatic carbocycles. The summed E-state index contributed by atoms with van der Waals surface area (Å²) in [6, 6.07) is 17.4. The highest BCUT2D eigenvalue weighted by Gasteiger charge is 2.17. The van der Waals surface area contributed by atoms with Crippen LogP contribution in [0.2, 0.25) is 0 Å². The molecule has 0 spiro atoms. The van der Waals surface area contributed by atoms with Crippen LogP contribution in [-0.2, 0) is 0 Å². The number of nitro benzene ring substituents is 1. The molecule has 26 heavy (non-hydrogen) atoms. The lowest BCUT2D eigenvalue weighted by Crippen LogP contribution is -2.12. The first-order chi connectivity index (χ1) is 12.5. The maximum absolute atomic E-state index is 12.6. The number of Topliss-reactive ketones (excluding diaryl/α,β-unsaturated/α-hetero) is 1. The lowest BCUT2D eigenvalue weighted by atomic mass is 10.1. The molecule has 0 fully saturated rings. The summed E-state index contributed by atoms with van der Waals surface area (Å²) < 4.78 is 7.47. The van der Waals surface area contributed by atoms with Gasteiger partial charge in [0.05, 0.1) is 11.0 Å². The topological polar surface area (TPSA) is 74.4 Å². The average Bonchev–Trinajstić information content (AvgIpc) is 2.95. The van der Waals surface area contributed by atoms with Crippen LogP contribution in [0.4, 0.5) is 5.69 Å². The summed E-state index contributed by atoms with van der Waals surface area (Å²) in [5.41, 5.74) is 3.28. The van der Waals surface area contributed by atoms with E-state index in [9.17, 15) is 14.9 Å². The van der Waals surface area contributed by atoms with Crippen LogP contribution in [0, 0.1) is 24.0 Å². The van der Waals surface area contributed by atoms with Crippen molar-refractivity contribution in [3.05, 3.63) is 87.7 Å². The molecule has 0 bridgehead atoms. The van der Waals surface area contributed by atoms with E-state index >= 15 is 0 Å². The van der Waals surface area contributed by atoms with Gasteiger partial charge in [0.25, 0.3) is 5.69 Å². The van der Waals surface area contributed by atoms with Crippen molar-refractivity contribution in [2.45, 2.75) is 13.8 Å². The lowest BCUT2D eigenvalue weighted by Gasteiger charge is -2.10. The van der Waals surface area contributed by atoms with Crippen molar-refractivity contribution in [3.63, 3.8) is 0 Å². The zero-order valence-corrected chi connectivity index (χ0v) is 14.5. The van der Waals surface area contributed by atoms with Gasteiger partial charge in [0.1, 0.15) is 5.75 Å².